The molecule has 0 aliphatic carbocycles. The fraction of sp³-hybridized carbons (Fsp3) is 0.455. The summed E-state index contributed by atoms with van der Waals surface area (Å²) in [7, 11) is 0. The van der Waals surface area contributed by atoms with Gasteiger partial charge >= 0.3 is 0 Å². The average Bonchev–Trinajstić information content (AvgIpc) is 3.08. The van der Waals surface area contributed by atoms with Crippen molar-refractivity contribution in [3.05, 3.63) is 59.4 Å². The number of ether oxygens (including phenoxy) is 1. The average molecular weight is 377 g/mol. The fourth-order valence-corrected chi connectivity index (χ4v) is 4.36. The monoisotopic (exact) mass is 377 g/mol. The number of hydrogen-bond donors (Lipinski definition) is 1. The second-order valence-electron chi connectivity index (χ2n) is 7.69. The quantitative estimate of drug-likeness (QED) is 0.757. The first kappa shape index (κ1) is 17.6. The summed E-state index contributed by atoms with van der Waals surface area (Å²) in [5.74, 6) is 1.25. The minimum Gasteiger partial charge on any atom is -0.373 e. The molecule has 1 aromatic carbocycles. The van der Waals surface area contributed by atoms with Crippen molar-refractivity contribution in [3.63, 3.8) is 0 Å². The van der Waals surface area contributed by atoms with Crippen molar-refractivity contribution in [1.82, 2.24) is 19.9 Å². The molecule has 0 unspecified atom stereocenters. The first-order chi connectivity index (χ1) is 13.9. The van der Waals surface area contributed by atoms with Crippen LogP contribution in [-0.4, -0.2) is 46.9 Å². The van der Waals surface area contributed by atoms with Crippen molar-refractivity contribution in [3.8, 4) is 0 Å². The minimum absolute atomic E-state index is 0.326. The zero-order valence-corrected chi connectivity index (χ0v) is 16.2. The number of nitrogens with one attached hydrogen (secondary N) is 1. The van der Waals surface area contributed by atoms with E-state index in [2.05, 4.69) is 39.6 Å². The van der Waals surface area contributed by atoms with Gasteiger partial charge in [-0.15, -0.1) is 0 Å². The van der Waals surface area contributed by atoms with Crippen molar-refractivity contribution >= 4 is 11.5 Å². The number of benzene rings is 1. The van der Waals surface area contributed by atoms with Crippen molar-refractivity contribution in [1.29, 1.82) is 0 Å². The van der Waals surface area contributed by atoms with E-state index in [-0.39, 0.29) is 0 Å². The predicted molar refractivity (Wildman–Crippen MR) is 110 cm³/mol. The van der Waals surface area contributed by atoms with Crippen LogP contribution in [0.1, 0.15) is 29.7 Å². The van der Waals surface area contributed by atoms with Crippen LogP contribution in [-0.2, 0) is 24.2 Å². The number of anilines is 1. The molecule has 146 valence electrons. The van der Waals surface area contributed by atoms with Gasteiger partial charge in [-0.1, -0.05) is 30.3 Å². The van der Waals surface area contributed by atoms with Crippen LogP contribution in [0.15, 0.2) is 42.6 Å². The summed E-state index contributed by atoms with van der Waals surface area (Å²) in [5, 5.41) is 8.09. The second kappa shape index (κ2) is 7.89. The normalized spacial score (nSPS) is 18.2. The lowest BCUT2D eigenvalue weighted by molar-refractivity contribution is 0.0250. The molecule has 0 saturated carbocycles. The Morgan fingerprint density at radius 2 is 1.86 bits per heavy atom. The van der Waals surface area contributed by atoms with Gasteiger partial charge in [0.2, 0.25) is 0 Å². The lowest BCUT2D eigenvalue weighted by Crippen LogP contribution is -2.39. The Labute approximate surface area is 165 Å². The molecule has 28 heavy (non-hydrogen) atoms. The predicted octanol–water partition coefficient (Wildman–Crippen LogP) is 2.60. The molecule has 3 aromatic rings. The maximum absolute atomic E-state index is 6.19. The molecule has 0 amide bonds. The van der Waals surface area contributed by atoms with Crippen LogP contribution in [0.3, 0.4) is 0 Å². The highest BCUT2D eigenvalue weighted by atomic mass is 16.5. The molecule has 5 rings (SSSR count). The van der Waals surface area contributed by atoms with E-state index in [9.17, 15) is 0 Å². The molecule has 1 saturated heterocycles. The summed E-state index contributed by atoms with van der Waals surface area (Å²) in [6, 6.07) is 12.5. The highest BCUT2D eigenvalue weighted by molar-refractivity contribution is 5.57. The summed E-state index contributed by atoms with van der Waals surface area (Å²) in [6.07, 6.45) is 6.28. The highest BCUT2D eigenvalue weighted by Crippen LogP contribution is 2.29. The summed E-state index contributed by atoms with van der Waals surface area (Å²) < 4.78 is 8.22. The highest BCUT2D eigenvalue weighted by Gasteiger charge is 2.26. The lowest BCUT2D eigenvalue weighted by Gasteiger charge is -2.35. The van der Waals surface area contributed by atoms with Crippen molar-refractivity contribution in [2.45, 2.75) is 38.4 Å². The van der Waals surface area contributed by atoms with Crippen LogP contribution in [0.5, 0.6) is 0 Å². The second-order valence-corrected chi connectivity index (χ2v) is 7.69. The molecule has 6 nitrogen and oxygen atoms in total. The van der Waals surface area contributed by atoms with E-state index >= 15 is 0 Å². The minimum atomic E-state index is 0.326. The van der Waals surface area contributed by atoms with Crippen molar-refractivity contribution < 1.29 is 4.74 Å². The van der Waals surface area contributed by atoms with Crippen LogP contribution in [0.4, 0.5) is 5.82 Å². The van der Waals surface area contributed by atoms with Gasteiger partial charge in [-0.3, -0.25) is 0 Å². The third kappa shape index (κ3) is 3.50. The van der Waals surface area contributed by atoms with Gasteiger partial charge in [0.05, 0.1) is 24.6 Å². The molecule has 4 heterocycles. The largest absolute Gasteiger partial charge is 0.373 e. The van der Waals surface area contributed by atoms with Gasteiger partial charge in [-0.05, 0) is 31.4 Å². The molecule has 1 fully saturated rings. The summed E-state index contributed by atoms with van der Waals surface area (Å²) in [5.41, 5.74) is 4.80. The molecule has 2 aromatic heterocycles. The Kier molecular flexibility index (Phi) is 4.97. The smallest absolute Gasteiger partial charge is 0.157 e. The summed E-state index contributed by atoms with van der Waals surface area (Å²) in [4.78, 5) is 7.37. The van der Waals surface area contributed by atoms with Gasteiger partial charge in [0.1, 0.15) is 5.82 Å². The lowest BCUT2D eigenvalue weighted by atomic mass is 10.0. The molecule has 2 aliphatic rings. The maximum atomic E-state index is 6.19. The molecule has 0 bridgehead atoms. The zero-order valence-electron chi connectivity index (χ0n) is 16.2. The number of rotatable bonds is 4. The summed E-state index contributed by atoms with van der Waals surface area (Å²) in [6.45, 7) is 4.70. The standard InChI is InChI=1S/C22H27N5O/c1-2-4-17(5-3-1)16-28-18-9-14-26(15-10-18)22-19-6-11-23-12-7-20(19)25-21-8-13-24-27(21)22/h1-5,8,13,18,23H,6-7,9-12,14-16H2. The molecular formula is C22H27N5O. The SMILES string of the molecule is c1ccc(COC2CCN(c3c4c(nc5ccnn35)CCNCC4)CC2)cc1. The van der Waals surface area contributed by atoms with Gasteiger partial charge in [0, 0.05) is 37.7 Å². The van der Waals surface area contributed by atoms with Crippen LogP contribution >= 0.6 is 0 Å². The third-order valence-corrected chi connectivity index (χ3v) is 5.85. The van der Waals surface area contributed by atoms with Gasteiger partial charge in [-0.2, -0.15) is 9.61 Å². The van der Waals surface area contributed by atoms with E-state index in [1.54, 1.807) is 0 Å². The number of nitrogens with zero attached hydrogens (tertiary/aromatic N) is 4. The Morgan fingerprint density at radius 1 is 1.04 bits per heavy atom. The van der Waals surface area contributed by atoms with Crippen LogP contribution in [0.2, 0.25) is 0 Å². The van der Waals surface area contributed by atoms with Crippen LogP contribution in [0, 0.1) is 0 Å². The Morgan fingerprint density at radius 3 is 2.71 bits per heavy atom. The van der Waals surface area contributed by atoms with E-state index in [0.29, 0.717) is 12.7 Å². The van der Waals surface area contributed by atoms with Gasteiger partial charge in [0.15, 0.2) is 5.65 Å². The van der Waals surface area contributed by atoms with E-state index in [1.807, 2.05) is 22.8 Å². The van der Waals surface area contributed by atoms with Crippen molar-refractivity contribution in [2.24, 2.45) is 0 Å². The molecular weight excluding hydrogens is 350 g/mol. The van der Waals surface area contributed by atoms with Gasteiger partial charge < -0.3 is 15.0 Å². The maximum Gasteiger partial charge on any atom is 0.157 e. The van der Waals surface area contributed by atoms with Crippen molar-refractivity contribution in [2.75, 3.05) is 31.1 Å². The Balaban J connectivity index is 1.33. The molecule has 0 radical (unpaired) electrons. The number of fused-ring (bicyclic) bond motifs is 2. The molecule has 2 aliphatic heterocycles. The zero-order chi connectivity index (χ0) is 18.8. The first-order valence-corrected chi connectivity index (χ1v) is 10.4. The molecule has 0 spiro atoms. The van der Waals surface area contributed by atoms with Crippen LogP contribution in [0.25, 0.3) is 5.65 Å². The first-order valence-electron chi connectivity index (χ1n) is 10.4. The van der Waals surface area contributed by atoms with E-state index in [0.717, 1.165) is 57.5 Å². The topological polar surface area (TPSA) is 54.7 Å². The third-order valence-electron chi connectivity index (χ3n) is 5.85. The molecule has 6 heteroatoms. The Hall–Kier alpha value is -2.44. The van der Waals surface area contributed by atoms with Crippen LogP contribution < -0.4 is 10.2 Å². The van der Waals surface area contributed by atoms with E-state index in [4.69, 9.17) is 9.72 Å². The van der Waals surface area contributed by atoms with E-state index < -0.39 is 0 Å². The van der Waals surface area contributed by atoms with Gasteiger partial charge in [0.25, 0.3) is 0 Å². The fourth-order valence-electron chi connectivity index (χ4n) is 4.36. The molecule has 1 N–H and O–H groups in total. The summed E-state index contributed by atoms with van der Waals surface area (Å²) >= 11 is 0. The van der Waals surface area contributed by atoms with E-state index in [1.165, 1.54) is 22.6 Å². The number of piperidine rings is 1. The van der Waals surface area contributed by atoms with Gasteiger partial charge in [-0.25, -0.2) is 4.98 Å². The Bertz CT molecular complexity index is 931. The molecule has 0 atom stereocenters. The number of aromatic nitrogens is 3. The number of hydrogen-bond acceptors (Lipinski definition) is 5.